The molecule has 0 aromatic heterocycles. The van der Waals surface area contributed by atoms with Crippen LogP contribution in [0.15, 0.2) is 42.5 Å². The zero-order valence-corrected chi connectivity index (χ0v) is 12.1. The monoisotopic (exact) mass is 319 g/mol. The Morgan fingerprint density at radius 2 is 1.89 bits per heavy atom. The van der Waals surface area contributed by atoms with Crippen LogP contribution in [-0.2, 0) is 5.33 Å². The number of nitrogens with one attached hydrogen (secondary N) is 1. The highest BCUT2D eigenvalue weighted by Gasteiger charge is 2.11. The first-order chi connectivity index (χ1) is 9.11. The van der Waals surface area contributed by atoms with Crippen LogP contribution in [0.5, 0.6) is 5.75 Å². The number of phenolic OH excluding ortho intramolecular Hbond substituents is 1. The molecule has 0 atom stereocenters. The summed E-state index contributed by atoms with van der Waals surface area (Å²) < 4.78 is 0. The van der Waals surface area contributed by atoms with E-state index in [-0.39, 0.29) is 11.7 Å². The number of aromatic hydroxyl groups is 1. The average Bonchev–Trinajstić information content (AvgIpc) is 2.42. The molecule has 0 bridgehead atoms. The molecule has 2 aromatic carbocycles. The van der Waals surface area contributed by atoms with E-state index in [2.05, 4.69) is 21.2 Å². The van der Waals surface area contributed by atoms with Crippen LogP contribution in [0.1, 0.15) is 21.5 Å². The molecule has 0 spiro atoms. The molecule has 0 aliphatic carbocycles. The van der Waals surface area contributed by atoms with E-state index in [9.17, 15) is 9.90 Å². The van der Waals surface area contributed by atoms with Gasteiger partial charge >= 0.3 is 0 Å². The van der Waals surface area contributed by atoms with Crippen molar-refractivity contribution in [3.8, 4) is 5.75 Å². The van der Waals surface area contributed by atoms with Gasteiger partial charge in [-0.25, -0.2) is 0 Å². The number of benzene rings is 2. The van der Waals surface area contributed by atoms with Crippen molar-refractivity contribution in [2.45, 2.75) is 12.3 Å². The normalized spacial score (nSPS) is 10.2. The van der Waals surface area contributed by atoms with E-state index >= 15 is 0 Å². The molecule has 0 unspecified atom stereocenters. The molecule has 98 valence electrons. The van der Waals surface area contributed by atoms with Crippen LogP contribution in [0.4, 0.5) is 5.69 Å². The van der Waals surface area contributed by atoms with Crippen molar-refractivity contribution in [2.24, 2.45) is 0 Å². The van der Waals surface area contributed by atoms with Gasteiger partial charge in [-0.1, -0.05) is 34.1 Å². The molecule has 2 rings (SSSR count). The van der Waals surface area contributed by atoms with Crippen LogP contribution in [0.25, 0.3) is 0 Å². The Bertz CT molecular complexity index is 594. The van der Waals surface area contributed by atoms with E-state index in [1.165, 1.54) is 0 Å². The number of alkyl halides is 1. The first kappa shape index (κ1) is 13.6. The Morgan fingerprint density at radius 1 is 1.21 bits per heavy atom. The summed E-state index contributed by atoms with van der Waals surface area (Å²) in [5.41, 5.74) is 2.94. The number of anilines is 1. The summed E-state index contributed by atoms with van der Waals surface area (Å²) in [7, 11) is 0. The third kappa shape index (κ3) is 3.15. The molecule has 2 N–H and O–H groups in total. The van der Waals surface area contributed by atoms with Gasteiger partial charge in [0.25, 0.3) is 5.91 Å². The molecule has 0 aliphatic rings. The second-order valence-corrected chi connectivity index (χ2v) is 4.80. The van der Waals surface area contributed by atoms with E-state index in [4.69, 9.17) is 0 Å². The van der Waals surface area contributed by atoms with Crippen molar-refractivity contribution in [3.63, 3.8) is 0 Å². The lowest BCUT2D eigenvalue weighted by Crippen LogP contribution is -2.13. The minimum Gasteiger partial charge on any atom is -0.508 e. The zero-order chi connectivity index (χ0) is 13.8. The molecule has 0 aliphatic heterocycles. The van der Waals surface area contributed by atoms with Gasteiger partial charge in [0.15, 0.2) is 0 Å². The minimum absolute atomic E-state index is 0.127. The average molecular weight is 320 g/mol. The van der Waals surface area contributed by atoms with Crippen molar-refractivity contribution in [2.75, 3.05) is 5.32 Å². The van der Waals surface area contributed by atoms with Crippen LogP contribution in [0.3, 0.4) is 0 Å². The molecule has 0 heterocycles. The topological polar surface area (TPSA) is 49.3 Å². The summed E-state index contributed by atoms with van der Waals surface area (Å²) in [6.07, 6.45) is 0. The Kier molecular flexibility index (Phi) is 4.22. The van der Waals surface area contributed by atoms with Crippen molar-refractivity contribution >= 4 is 27.5 Å². The largest absolute Gasteiger partial charge is 0.508 e. The van der Waals surface area contributed by atoms with Crippen LogP contribution < -0.4 is 5.32 Å². The second-order valence-electron chi connectivity index (χ2n) is 4.23. The smallest absolute Gasteiger partial charge is 0.256 e. The Morgan fingerprint density at radius 3 is 2.53 bits per heavy atom. The fraction of sp³-hybridized carbons (Fsp3) is 0.133. The Balaban J connectivity index is 2.18. The van der Waals surface area contributed by atoms with Crippen LogP contribution >= 0.6 is 15.9 Å². The summed E-state index contributed by atoms with van der Waals surface area (Å²) >= 11 is 3.37. The standard InChI is InChI=1S/C15H14BrNO2/c1-10-13(3-2-4-14(10)18)15(19)17-12-7-5-11(9-16)6-8-12/h2-8,18H,9H2,1H3,(H,17,19). The van der Waals surface area contributed by atoms with Gasteiger partial charge in [-0.3, -0.25) is 4.79 Å². The predicted molar refractivity (Wildman–Crippen MR) is 79.9 cm³/mol. The highest BCUT2D eigenvalue weighted by atomic mass is 79.9. The Labute approximate surface area is 120 Å². The molecule has 0 saturated carbocycles. The SMILES string of the molecule is Cc1c(O)cccc1C(=O)Nc1ccc(CBr)cc1. The molecule has 0 radical (unpaired) electrons. The Hall–Kier alpha value is -1.81. The molecular formula is C15H14BrNO2. The van der Waals surface area contributed by atoms with Gasteiger partial charge < -0.3 is 10.4 Å². The van der Waals surface area contributed by atoms with Gasteiger partial charge in [0, 0.05) is 22.1 Å². The van der Waals surface area contributed by atoms with Gasteiger partial charge in [0.05, 0.1) is 0 Å². The molecule has 0 saturated heterocycles. The number of carbonyl (C=O) groups is 1. The van der Waals surface area contributed by atoms with E-state index < -0.39 is 0 Å². The van der Waals surface area contributed by atoms with Gasteiger partial charge in [-0.05, 0) is 36.8 Å². The summed E-state index contributed by atoms with van der Waals surface area (Å²) in [5, 5.41) is 13.2. The van der Waals surface area contributed by atoms with Crippen molar-refractivity contribution < 1.29 is 9.90 Å². The lowest BCUT2D eigenvalue weighted by atomic mass is 10.1. The molecule has 19 heavy (non-hydrogen) atoms. The number of rotatable bonds is 3. The van der Waals surface area contributed by atoms with Gasteiger partial charge in [0.2, 0.25) is 0 Å². The van der Waals surface area contributed by atoms with E-state index in [0.29, 0.717) is 11.1 Å². The van der Waals surface area contributed by atoms with Crippen molar-refractivity contribution in [1.29, 1.82) is 0 Å². The summed E-state index contributed by atoms with van der Waals surface area (Å²) in [4.78, 5) is 12.1. The number of phenols is 1. The maximum Gasteiger partial charge on any atom is 0.256 e. The molecule has 1 amide bonds. The molecule has 2 aromatic rings. The van der Waals surface area contributed by atoms with Gasteiger partial charge in [-0.15, -0.1) is 0 Å². The van der Waals surface area contributed by atoms with E-state index in [0.717, 1.165) is 16.6 Å². The second kappa shape index (κ2) is 5.89. The van der Waals surface area contributed by atoms with E-state index in [1.54, 1.807) is 25.1 Å². The molecule has 4 heteroatoms. The summed E-state index contributed by atoms with van der Waals surface area (Å²) in [6, 6.07) is 12.5. The first-order valence-electron chi connectivity index (χ1n) is 5.86. The molecular weight excluding hydrogens is 306 g/mol. The predicted octanol–water partition coefficient (Wildman–Crippen LogP) is 3.85. The number of carbonyl (C=O) groups excluding carboxylic acids is 1. The minimum atomic E-state index is -0.222. The quantitative estimate of drug-likeness (QED) is 0.844. The van der Waals surface area contributed by atoms with Crippen LogP contribution in [-0.4, -0.2) is 11.0 Å². The lowest BCUT2D eigenvalue weighted by molar-refractivity contribution is 0.102. The highest BCUT2D eigenvalue weighted by molar-refractivity contribution is 9.08. The van der Waals surface area contributed by atoms with Crippen molar-refractivity contribution in [3.05, 3.63) is 59.2 Å². The lowest BCUT2D eigenvalue weighted by Gasteiger charge is -2.09. The number of amides is 1. The van der Waals surface area contributed by atoms with Crippen LogP contribution in [0, 0.1) is 6.92 Å². The highest BCUT2D eigenvalue weighted by Crippen LogP contribution is 2.21. The zero-order valence-electron chi connectivity index (χ0n) is 10.5. The molecule has 0 fully saturated rings. The first-order valence-corrected chi connectivity index (χ1v) is 6.99. The number of hydrogen-bond donors (Lipinski definition) is 2. The fourth-order valence-electron chi connectivity index (χ4n) is 1.75. The third-order valence-corrected chi connectivity index (χ3v) is 3.56. The van der Waals surface area contributed by atoms with Crippen molar-refractivity contribution in [1.82, 2.24) is 0 Å². The number of hydrogen-bond acceptors (Lipinski definition) is 2. The summed E-state index contributed by atoms with van der Waals surface area (Å²) in [6.45, 7) is 1.72. The van der Waals surface area contributed by atoms with Crippen LogP contribution in [0.2, 0.25) is 0 Å². The summed E-state index contributed by atoms with van der Waals surface area (Å²) in [5.74, 6) is -0.0951. The number of halogens is 1. The maximum atomic E-state index is 12.1. The third-order valence-electron chi connectivity index (χ3n) is 2.92. The van der Waals surface area contributed by atoms with Gasteiger partial charge in [-0.2, -0.15) is 0 Å². The molecule has 3 nitrogen and oxygen atoms in total. The maximum absolute atomic E-state index is 12.1. The van der Waals surface area contributed by atoms with Gasteiger partial charge in [0.1, 0.15) is 5.75 Å². The fourth-order valence-corrected chi connectivity index (χ4v) is 2.12. The van der Waals surface area contributed by atoms with E-state index in [1.807, 2.05) is 24.3 Å².